The molecule has 0 aliphatic heterocycles. The first-order valence-corrected chi connectivity index (χ1v) is 11.5. The number of nitrogens with zero attached hydrogens (tertiary/aromatic N) is 1. The number of anilines is 2. The van der Waals surface area contributed by atoms with Crippen molar-refractivity contribution in [2.45, 2.75) is 25.7 Å². The van der Waals surface area contributed by atoms with Gasteiger partial charge in [-0.15, -0.1) is 0 Å². The molecule has 0 saturated carbocycles. The Kier molecular flexibility index (Phi) is 7.02. The number of benzene rings is 3. The van der Waals surface area contributed by atoms with Gasteiger partial charge in [-0.05, 0) is 73.9 Å². The molecule has 1 N–H and O–H groups in total. The van der Waals surface area contributed by atoms with Crippen LogP contribution < -0.4 is 14.4 Å². The maximum atomic E-state index is 14.0. The number of carbonyl (C=O) groups is 1. The predicted octanol–water partition coefficient (Wildman–Crippen LogP) is 4.73. The van der Waals surface area contributed by atoms with E-state index in [1.165, 1.54) is 19.2 Å². The molecule has 3 aromatic rings. The van der Waals surface area contributed by atoms with E-state index in [-0.39, 0.29) is 16.3 Å². The molecule has 174 valence electrons. The fourth-order valence-electron chi connectivity index (χ4n) is 3.23. The summed E-state index contributed by atoms with van der Waals surface area (Å²) in [7, 11) is -2.95. The first-order chi connectivity index (χ1) is 15.5. The van der Waals surface area contributed by atoms with Crippen molar-refractivity contribution < 1.29 is 26.7 Å². The number of nitrogens with one attached hydrogen (secondary N) is 1. The molecular weight excluding hydrogens is 450 g/mol. The molecule has 33 heavy (non-hydrogen) atoms. The van der Waals surface area contributed by atoms with Gasteiger partial charge >= 0.3 is 0 Å². The number of hydrogen-bond donors (Lipinski definition) is 1. The second-order valence-electron chi connectivity index (χ2n) is 7.58. The van der Waals surface area contributed by atoms with Gasteiger partial charge in [-0.2, -0.15) is 0 Å². The molecule has 0 radical (unpaired) electrons. The van der Waals surface area contributed by atoms with Gasteiger partial charge in [0, 0.05) is 0 Å². The minimum Gasteiger partial charge on any atom is -0.495 e. The summed E-state index contributed by atoms with van der Waals surface area (Å²) >= 11 is 0. The second-order valence-corrected chi connectivity index (χ2v) is 9.41. The molecule has 0 atom stereocenters. The maximum absolute atomic E-state index is 14.0. The quantitative estimate of drug-likeness (QED) is 0.537. The fourth-order valence-corrected chi connectivity index (χ4v) is 4.88. The van der Waals surface area contributed by atoms with Crippen molar-refractivity contribution in [2.75, 3.05) is 23.3 Å². The van der Waals surface area contributed by atoms with Crippen molar-refractivity contribution in [1.29, 1.82) is 0 Å². The van der Waals surface area contributed by atoms with Gasteiger partial charge in [-0.25, -0.2) is 17.2 Å². The normalized spacial score (nSPS) is 11.2. The average Bonchev–Trinajstić information content (AvgIpc) is 2.76. The second kappa shape index (κ2) is 9.58. The first kappa shape index (κ1) is 24.2. The van der Waals surface area contributed by atoms with Crippen LogP contribution in [-0.4, -0.2) is 28.0 Å². The van der Waals surface area contributed by atoms with Crippen LogP contribution in [0.4, 0.5) is 20.2 Å². The van der Waals surface area contributed by atoms with Crippen molar-refractivity contribution in [2.24, 2.45) is 0 Å². The monoisotopic (exact) mass is 474 g/mol. The topological polar surface area (TPSA) is 75.7 Å². The summed E-state index contributed by atoms with van der Waals surface area (Å²) < 4.78 is 61.6. The number of carbonyl (C=O) groups excluding carboxylic acids is 1. The number of para-hydroxylation sites is 1. The minimum atomic E-state index is -4.30. The molecule has 1 amide bonds. The van der Waals surface area contributed by atoms with E-state index in [1.54, 1.807) is 31.2 Å². The summed E-state index contributed by atoms with van der Waals surface area (Å²) in [6.07, 6.45) is 0. The van der Waals surface area contributed by atoms with Gasteiger partial charge < -0.3 is 10.1 Å². The number of halogens is 2. The molecule has 9 heteroatoms. The zero-order valence-corrected chi connectivity index (χ0v) is 19.5. The molecule has 0 fully saturated rings. The van der Waals surface area contributed by atoms with Crippen molar-refractivity contribution >= 4 is 27.3 Å². The molecule has 0 aliphatic carbocycles. The lowest BCUT2D eigenvalue weighted by Gasteiger charge is -2.26. The standard InChI is InChI=1S/C24H24F2N2O4S/c1-15-8-11-21(32-4)22(12-15)33(30,31)28(18-10-9-16(2)17(3)13-18)14-23(29)27-24-19(25)6-5-7-20(24)26/h5-13H,14H2,1-4H3,(H,27,29). The number of methoxy groups -OCH3 is 1. The average molecular weight is 475 g/mol. The molecule has 0 spiro atoms. The number of rotatable bonds is 7. The summed E-state index contributed by atoms with van der Waals surface area (Å²) in [5.74, 6) is -2.74. The molecular formula is C24H24F2N2O4S. The Labute approximate surface area is 191 Å². The molecule has 3 aromatic carbocycles. The van der Waals surface area contributed by atoms with Crippen LogP contribution in [-0.2, 0) is 14.8 Å². The van der Waals surface area contributed by atoms with Gasteiger partial charge in [0.25, 0.3) is 10.0 Å². The zero-order valence-electron chi connectivity index (χ0n) is 18.6. The molecule has 0 saturated heterocycles. The molecule has 3 rings (SSSR count). The highest BCUT2D eigenvalue weighted by Crippen LogP contribution is 2.32. The molecule has 0 heterocycles. The van der Waals surface area contributed by atoms with E-state index in [0.717, 1.165) is 33.6 Å². The third-order valence-electron chi connectivity index (χ3n) is 5.18. The third-order valence-corrected chi connectivity index (χ3v) is 6.98. The Morgan fingerprint density at radius 1 is 0.970 bits per heavy atom. The number of amides is 1. The van der Waals surface area contributed by atoms with Crippen LogP contribution in [0, 0.1) is 32.4 Å². The zero-order chi connectivity index (χ0) is 24.3. The summed E-state index contributed by atoms with van der Waals surface area (Å²) in [4.78, 5) is 12.6. The third kappa shape index (κ3) is 5.14. The molecule has 0 bridgehead atoms. The smallest absolute Gasteiger partial charge is 0.268 e. The van der Waals surface area contributed by atoms with Gasteiger partial charge in [-0.3, -0.25) is 9.10 Å². The van der Waals surface area contributed by atoms with E-state index in [2.05, 4.69) is 5.32 Å². The van der Waals surface area contributed by atoms with Crippen LogP contribution in [0.5, 0.6) is 5.75 Å². The molecule has 0 unspecified atom stereocenters. The highest BCUT2D eigenvalue weighted by Gasteiger charge is 2.31. The van der Waals surface area contributed by atoms with E-state index in [0.29, 0.717) is 5.56 Å². The van der Waals surface area contributed by atoms with Crippen molar-refractivity contribution in [3.05, 3.63) is 82.9 Å². The molecule has 0 aliphatic rings. The Morgan fingerprint density at radius 2 is 1.64 bits per heavy atom. The van der Waals surface area contributed by atoms with Gasteiger partial charge in [0.2, 0.25) is 5.91 Å². The lowest BCUT2D eigenvalue weighted by Crippen LogP contribution is -2.38. The lowest BCUT2D eigenvalue weighted by molar-refractivity contribution is -0.114. The van der Waals surface area contributed by atoms with E-state index in [9.17, 15) is 22.0 Å². The predicted molar refractivity (Wildman–Crippen MR) is 123 cm³/mol. The molecule has 0 aromatic heterocycles. The highest BCUT2D eigenvalue weighted by atomic mass is 32.2. The van der Waals surface area contributed by atoms with Crippen molar-refractivity contribution in [3.8, 4) is 5.75 Å². The van der Waals surface area contributed by atoms with Gasteiger partial charge in [0.1, 0.15) is 34.5 Å². The van der Waals surface area contributed by atoms with Gasteiger partial charge in [0.05, 0.1) is 12.8 Å². The lowest BCUT2D eigenvalue weighted by atomic mass is 10.1. The number of sulfonamides is 1. The van der Waals surface area contributed by atoms with Crippen molar-refractivity contribution in [3.63, 3.8) is 0 Å². The van der Waals surface area contributed by atoms with Gasteiger partial charge in [-0.1, -0.05) is 18.2 Å². The summed E-state index contributed by atoms with van der Waals surface area (Å²) in [5, 5.41) is 2.14. The van der Waals surface area contributed by atoms with Crippen LogP contribution >= 0.6 is 0 Å². The minimum absolute atomic E-state index is 0.106. The van der Waals surface area contributed by atoms with Crippen LogP contribution in [0.15, 0.2) is 59.5 Å². The fraction of sp³-hybridized carbons (Fsp3) is 0.208. The number of aryl methyl sites for hydroxylation is 3. The Bertz CT molecular complexity index is 1290. The van der Waals surface area contributed by atoms with Gasteiger partial charge in [0.15, 0.2) is 0 Å². The Morgan fingerprint density at radius 3 is 2.24 bits per heavy atom. The van der Waals surface area contributed by atoms with Crippen LogP contribution in [0.25, 0.3) is 0 Å². The number of hydrogen-bond acceptors (Lipinski definition) is 4. The summed E-state index contributed by atoms with van der Waals surface area (Å²) in [6.45, 7) is 4.70. The Hall–Kier alpha value is -3.46. The van der Waals surface area contributed by atoms with Crippen molar-refractivity contribution in [1.82, 2.24) is 0 Å². The molecule has 6 nitrogen and oxygen atoms in total. The highest BCUT2D eigenvalue weighted by molar-refractivity contribution is 7.93. The van der Waals surface area contributed by atoms with Crippen LogP contribution in [0.2, 0.25) is 0 Å². The largest absolute Gasteiger partial charge is 0.495 e. The van der Waals surface area contributed by atoms with Crippen LogP contribution in [0.3, 0.4) is 0 Å². The Balaban J connectivity index is 2.08. The van der Waals surface area contributed by atoms with Crippen LogP contribution in [0.1, 0.15) is 16.7 Å². The number of ether oxygens (including phenoxy) is 1. The maximum Gasteiger partial charge on any atom is 0.268 e. The van der Waals surface area contributed by atoms with E-state index >= 15 is 0 Å². The van der Waals surface area contributed by atoms with E-state index in [1.807, 2.05) is 13.8 Å². The van der Waals surface area contributed by atoms with E-state index < -0.39 is 39.8 Å². The van der Waals surface area contributed by atoms with E-state index in [4.69, 9.17) is 4.74 Å². The first-order valence-electron chi connectivity index (χ1n) is 10.0. The summed E-state index contributed by atoms with van der Waals surface area (Å²) in [5.41, 5.74) is 2.00. The SMILES string of the molecule is COc1ccc(C)cc1S(=O)(=O)N(CC(=O)Nc1c(F)cccc1F)c1ccc(C)c(C)c1. The summed E-state index contributed by atoms with van der Waals surface area (Å²) in [6, 6.07) is 12.7.